The third kappa shape index (κ3) is 8.79. The molecule has 7 rings (SSSR count). The highest BCUT2D eigenvalue weighted by Crippen LogP contribution is 2.28. The number of nitrogens with one attached hydrogen (secondary N) is 1. The largest absolute Gasteiger partial charge is 0.461 e. The van der Waals surface area contributed by atoms with Crippen LogP contribution in [0, 0.1) is 12.7 Å². The third-order valence-electron chi connectivity index (χ3n) is 8.85. The van der Waals surface area contributed by atoms with Crippen molar-refractivity contribution in [3.8, 4) is 5.69 Å². The summed E-state index contributed by atoms with van der Waals surface area (Å²) in [5, 5.41) is 3.61. The highest BCUT2D eigenvalue weighted by molar-refractivity contribution is 5.99. The molecule has 5 aromatic rings. The Labute approximate surface area is 309 Å². The summed E-state index contributed by atoms with van der Waals surface area (Å²) in [6, 6.07) is 10.2. The van der Waals surface area contributed by atoms with Crippen LogP contribution < -0.4 is 21.5 Å². The summed E-state index contributed by atoms with van der Waals surface area (Å²) < 4.78 is 49.6. The van der Waals surface area contributed by atoms with E-state index < -0.39 is 41.4 Å². The number of ether oxygens (including phenoxy) is 2. The molecule has 54 heavy (non-hydrogen) atoms. The molecule has 1 atom stereocenters. The van der Waals surface area contributed by atoms with Gasteiger partial charge in [-0.25, -0.2) is 27.3 Å². The van der Waals surface area contributed by atoms with E-state index in [4.69, 9.17) is 9.47 Å². The molecule has 0 radical (unpaired) electrons. The Morgan fingerprint density at radius 2 is 1.74 bits per heavy atom. The number of hydrogen-bond donors (Lipinski definition) is 1. The second kappa shape index (κ2) is 17.5. The first-order valence-electron chi connectivity index (χ1n) is 17.8. The van der Waals surface area contributed by atoms with Crippen LogP contribution in [0.1, 0.15) is 55.1 Å². The molecule has 2 fully saturated rings. The summed E-state index contributed by atoms with van der Waals surface area (Å²) in [5.41, 5.74) is 1.45. The summed E-state index contributed by atoms with van der Waals surface area (Å²) in [6.07, 6.45) is 3.55. The topological polar surface area (TPSA) is 138 Å². The minimum Gasteiger partial charge on any atom is -0.461 e. The number of nitrogens with zero attached hydrogens (tertiary/aromatic N) is 5. The van der Waals surface area contributed by atoms with Crippen LogP contribution in [0.4, 0.5) is 18.9 Å². The molecule has 3 aromatic heterocycles. The smallest absolute Gasteiger partial charge is 0.335 e. The number of halogens is 3. The highest BCUT2D eigenvalue weighted by atomic mass is 19.3. The van der Waals surface area contributed by atoms with Gasteiger partial charge in [-0.1, -0.05) is 26.0 Å². The quantitative estimate of drug-likeness (QED) is 0.211. The Bertz CT molecular complexity index is 2240. The number of amides is 1. The SMILES string of the molecule is CC.CC(F)F.Cc1cc(N2CCOCC2)cc(F)c1C(=O)N[C@@H](Cc1ccc(-n2c(=O)c3ccncc3n(C)c2=O)c2ncccc12)C(=O)OC1CC1. The number of anilines is 1. The van der Waals surface area contributed by atoms with Gasteiger partial charge in [-0.2, -0.15) is 0 Å². The summed E-state index contributed by atoms with van der Waals surface area (Å²) in [4.78, 5) is 64.6. The minimum atomic E-state index is -2.17. The summed E-state index contributed by atoms with van der Waals surface area (Å²) in [7, 11) is 1.56. The lowest BCUT2D eigenvalue weighted by atomic mass is 9.99. The lowest BCUT2D eigenvalue weighted by Crippen LogP contribution is -2.44. The van der Waals surface area contributed by atoms with Gasteiger partial charge >= 0.3 is 11.7 Å². The van der Waals surface area contributed by atoms with Crippen molar-refractivity contribution in [2.45, 2.75) is 65.5 Å². The van der Waals surface area contributed by atoms with Gasteiger partial charge in [-0.3, -0.25) is 24.1 Å². The fourth-order valence-corrected chi connectivity index (χ4v) is 6.18. The molecule has 15 heteroatoms. The molecule has 2 aliphatic rings. The van der Waals surface area contributed by atoms with E-state index >= 15 is 4.39 Å². The standard InChI is InChI=1S/C35H33FN6O6.C2H4F2.C2H6/c1-20-16-22(41-12-14-47-15-13-41)18-26(36)30(20)32(43)39-27(34(45)48-23-6-7-23)17-21-5-8-28(31-24(21)4-3-10-38-31)42-33(44)25-9-11-37-19-29(25)40(2)35(42)46;1-2(3)4;1-2/h3-5,8-11,16,18-19,23,27H,6-7,12-15,17H2,1-2H3,(H,39,43);2H,1H3;1-2H3/t27-;;/m0../s1. The lowest BCUT2D eigenvalue weighted by Gasteiger charge is -2.29. The number of carbonyl (C=O) groups is 2. The molecule has 0 bridgehead atoms. The van der Waals surface area contributed by atoms with E-state index in [1.807, 2.05) is 18.7 Å². The normalized spacial score (nSPS) is 14.5. The predicted octanol–water partition coefficient (Wildman–Crippen LogP) is 5.26. The summed E-state index contributed by atoms with van der Waals surface area (Å²) in [6.45, 7) is 8.79. The van der Waals surface area contributed by atoms with Crippen LogP contribution in [0.15, 0.2) is 70.6 Å². The van der Waals surface area contributed by atoms with Gasteiger partial charge in [0.15, 0.2) is 0 Å². The van der Waals surface area contributed by atoms with E-state index in [1.165, 1.54) is 23.0 Å². The van der Waals surface area contributed by atoms with Gasteiger partial charge in [0.05, 0.1) is 47.1 Å². The number of alkyl halides is 2. The van der Waals surface area contributed by atoms with Crippen molar-refractivity contribution in [3.05, 3.63) is 104 Å². The van der Waals surface area contributed by atoms with Gasteiger partial charge in [0.25, 0.3) is 11.5 Å². The fourth-order valence-electron chi connectivity index (χ4n) is 6.18. The Kier molecular flexibility index (Phi) is 12.8. The van der Waals surface area contributed by atoms with Crippen molar-refractivity contribution in [1.82, 2.24) is 24.4 Å². The van der Waals surface area contributed by atoms with Crippen LogP contribution in [-0.4, -0.2) is 75.9 Å². The zero-order valence-corrected chi connectivity index (χ0v) is 30.8. The third-order valence-corrected chi connectivity index (χ3v) is 8.85. The molecule has 1 amide bonds. The zero-order chi connectivity index (χ0) is 39.1. The number of aromatic nitrogens is 4. The fraction of sp³-hybridized carbons (Fsp3) is 0.385. The van der Waals surface area contributed by atoms with Crippen molar-refractivity contribution in [2.24, 2.45) is 7.05 Å². The number of carbonyl (C=O) groups excluding carboxylic acids is 2. The van der Waals surface area contributed by atoms with Crippen LogP contribution in [0.2, 0.25) is 0 Å². The van der Waals surface area contributed by atoms with Crippen LogP contribution >= 0.6 is 0 Å². The Hall–Kier alpha value is -5.57. The zero-order valence-electron chi connectivity index (χ0n) is 30.8. The minimum absolute atomic E-state index is 0.0113. The second-order valence-electron chi connectivity index (χ2n) is 12.6. The maximum atomic E-state index is 15.5. The maximum absolute atomic E-state index is 15.5. The number of esters is 1. The molecular weight excluding hydrogens is 705 g/mol. The lowest BCUT2D eigenvalue weighted by molar-refractivity contribution is -0.147. The molecule has 1 aliphatic heterocycles. The summed E-state index contributed by atoms with van der Waals surface area (Å²) >= 11 is 0. The van der Waals surface area contributed by atoms with Crippen LogP contribution in [-0.2, 0) is 27.7 Å². The van der Waals surface area contributed by atoms with Crippen molar-refractivity contribution in [3.63, 3.8) is 0 Å². The van der Waals surface area contributed by atoms with Crippen molar-refractivity contribution >= 4 is 39.4 Å². The first-order chi connectivity index (χ1) is 25.9. The number of fused-ring (bicyclic) bond motifs is 2. The monoisotopic (exact) mass is 748 g/mol. The number of rotatable bonds is 8. The number of benzene rings is 2. The Morgan fingerprint density at radius 1 is 1.04 bits per heavy atom. The van der Waals surface area contributed by atoms with Crippen molar-refractivity contribution in [2.75, 3.05) is 31.2 Å². The Morgan fingerprint density at radius 3 is 2.41 bits per heavy atom. The van der Waals surface area contributed by atoms with E-state index in [9.17, 15) is 28.0 Å². The molecule has 0 unspecified atom stereocenters. The van der Waals surface area contributed by atoms with Gasteiger partial charge in [0.2, 0.25) is 6.43 Å². The molecule has 1 aliphatic carbocycles. The second-order valence-corrected chi connectivity index (χ2v) is 12.6. The maximum Gasteiger partial charge on any atom is 0.335 e. The summed E-state index contributed by atoms with van der Waals surface area (Å²) in [5.74, 6) is -2.07. The Balaban J connectivity index is 0.000000878. The van der Waals surface area contributed by atoms with Crippen molar-refractivity contribution in [1.29, 1.82) is 0 Å². The molecular formula is C39H43F3N6O6. The first kappa shape index (κ1) is 39.6. The predicted molar refractivity (Wildman–Crippen MR) is 199 cm³/mol. The highest BCUT2D eigenvalue weighted by Gasteiger charge is 2.33. The molecule has 1 N–H and O–H groups in total. The van der Waals surface area contributed by atoms with E-state index in [1.54, 1.807) is 56.6 Å². The van der Waals surface area contributed by atoms with E-state index in [0.29, 0.717) is 64.9 Å². The van der Waals surface area contributed by atoms with Crippen LogP contribution in [0.5, 0.6) is 0 Å². The van der Waals surface area contributed by atoms with Gasteiger partial charge in [0, 0.05) is 50.0 Å². The van der Waals surface area contributed by atoms with E-state index in [0.717, 1.165) is 24.3 Å². The molecule has 12 nitrogen and oxygen atoms in total. The van der Waals surface area contributed by atoms with E-state index in [2.05, 4.69) is 15.3 Å². The molecule has 286 valence electrons. The average molecular weight is 749 g/mol. The van der Waals surface area contributed by atoms with Gasteiger partial charge < -0.3 is 19.7 Å². The molecule has 1 saturated heterocycles. The van der Waals surface area contributed by atoms with Gasteiger partial charge in [-0.15, -0.1) is 0 Å². The van der Waals surface area contributed by atoms with Gasteiger partial charge in [0.1, 0.15) is 18.0 Å². The average Bonchev–Trinajstić information content (AvgIpc) is 3.99. The molecule has 2 aromatic carbocycles. The number of hydrogen-bond acceptors (Lipinski definition) is 9. The van der Waals surface area contributed by atoms with Gasteiger partial charge in [-0.05, 0) is 68.1 Å². The first-order valence-corrected chi connectivity index (χ1v) is 17.8. The van der Waals surface area contributed by atoms with Crippen LogP contribution in [0.3, 0.4) is 0 Å². The molecule has 4 heterocycles. The molecule has 1 saturated carbocycles. The number of aryl methyl sites for hydroxylation is 2. The van der Waals surface area contributed by atoms with Crippen molar-refractivity contribution < 1.29 is 32.2 Å². The van der Waals surface area contributed by atoms with Crippen LogP contribution in [0.25, 0.3) is 27.5 Å². The number of pyridine rings is 2. The number of morpholine rings is 1. The molecule has 0 spiro atoms. The van der Waals surface area contributed by atoms with E-state index in [-0.39, 0.29) is 23.8 Å².